The van der Waals surface area contributed by atoms with Crippen LogP contribution in [0.3, 0.4) is 0 Å². The van der Waals surface area contributed by atoms with Crippen molar-refractivity contribution in [2.45, 2.75) is 6.92 Å². The first-order valence-electron chi connectivity index (χ1n) is 5.74. The number of carbonyl (C=O) groups is 2. The zero-order chi connectivity index (χ0) is 14.5. The Kier molecular flexibility index (Phi) is 3.85. The van der Waals surface area contributed by atoms with Gasteiger partial charge in [-0.25, -0.2) is 0 Å². The van der Waals surface area contributed by atoms with Gasteiger partial charge in [0, 0.05) is 5.69 Å². The topological polar surface area (TPSA) is 116 Å². The van der Waals surface area contributed by atoms with Crippen LogP contribution in [0.25, 0.3) is 5.69 Å². The molecule has 0 spiro atoms. The standard InChI is InChI=1S/C12H12N6O2/c1-2-3-10(19)14-8-4-6-9(7-5-8)18-16-12(11(13)20)15-17-18/h2-7H,1H3,(H2,13,20)(H,14,19)/b3-2+. The van der Waals surface area contributed by atoms with Crippen LogP contribution >= 0.6 is 0 Å². The van der Waals surface area contributed by atoms with Crippen molar-refractivity contribution in [3.05, 3.63) is 42.2 Å². The van der Waals surface area contributed by atoms with Gasteiger partial charge in [0.25, 0.3) is 11.7 Å². The Labute approximate surface area is 114 Å². The second-order valence-corrected chi connectivity index (χ2v) is 3.80. The molecule has 0 aliphatic carbocycles. The van der Waals surface area contributed by atoms with Crippen molar-refractivity contribution < 1.29 is 9.59 Å². The highest BCUT2D eigenvalue weighted by atomic mass is 16.2. The maximum absolute atomic E-state index is 11.4. The molecule has 3 N–H and O–H groups in total. The molecule has 1 heterocycles. The molecule has 2 amide bonds. The number of benzene rings is 1. The SMILES string of the molecule is C/C=C/C(=O)Nc1ccc(-n2nnc(C(N)=O)n2)cc1. The number of anilines is 1. The largest absolute Gasteiger partial charge is 0.363 e. The maximum Gasteiger partial charge on any atom is 0.290 e. The fourth-order valence-corrected chi connectivity index (χ4v) is 1.44. The zero-order valence-electron chi connectivity index (χ0n) is 10.6. The van der Waals surface area contributed by atoms with Crippen LogP contribution in [0.5, 0.6) is 0 Å². The number of tetrazole rings is 1. The molecule has 0 aliphatic heterocycles. The molecule has 8 heteroatoms. The highest BCUT2D eigenvalue weighted by Gasteiger charge is 2.09. The van der Waals surface area contributed by atoms with E-state index in [1.807, 2.05) is 0 Å². The quantitative estimate of drug-likeness (QED) is 0.775. The molecule has 1 aromatic heterocycles. The monoisotopic (exact) mass is 272 g/mol. The van der Waals surface area contributed by atoms with Crippen LogP contribution in [0.1, 0.15) is 17.5 Å². The summed E-state index contributed by atoms with van der Waals surface area (Å²) < 4.78 is 0. The normalized spacial score (nSPS) is 10.7. The zero-order valence-corrected chi connectivity index (χ0v) is 10.6. The Morgan fingerprint density at radius 3 is 2.55 bits per heavy atom. The van der Waals surface area contributed by atoms with Crippen LogP contribution in [0.4, 0.5) is 5.69 Å². The van der Waals surface area contributed by atoms with Crippen molar-refractivity contribution in [2.24, 2.45) is 5.73 Å². The number of rotatable bonds is 4. The smallest absolute Gasteiger partial charge is 0.290 e. The Bertz CT molecular complexity index is 659. The molecule has 102 valence electrons. The summed E-state index contributed by atoms with van der Waals surface area (Å²) in [6.07, 6.45) is 3.07. The highest BCUT2D eigenvalue weighted by Crippen LogP contribution is 2.11. The lowest BCUT2D eigenvalue weighted by Crippen LogP contribution is -2.13. The molecular weight excluding hydrogens is 260 g/mol. The van der Waals surface area contributed by atoms with Crippen molar-refractivity contribution in [3.8, 4) is 5.69 Å². The van der Waals surface area contributed by atoms with Crippen LogP contribution in [0, 0.1) is 0 Å². The van der Waals surface area contributed by atoms with Gasteiger partial charge in [-0.3, -0.25) is 9.59 Å². The Balaban J connectivity index is 2.15. The van der Waals surface area contributed by atoms with Crippen molar-refractivity contribution in [1.29, 1.82) is 0 Å². The minimum absolute atomic E-state index is 0.157. The lowest BCUT2D eigenvalue weighted by atomic mass is 10.3. The van der Waals surface area contributed by atoms with Gasteiger partial charge < -0.3 is 11.1 Å². The molecule has 0 unspecified atom stereocenters. The predicted molar refractivity (Wildman–Crippen MR) is 71.1 cm³/mol. The van der Waals surface area contributed by atoms with E-state index in [2.05, 4.69) is 20.7 Å². The number of hydrogen-bond donors (Lipinski definition) is 2. The summed E-state index contributed by atoms with van der Waals surface area (Å²) in [5.41, 5.74) is 6.26. The van der Waals surface area contributed by atoms with Crippen molar-refractivity contribution >= 4 is 17.5 Å². The van der Waals surface area contributed by atoms with Gasteiger partial charge in [0.1, 0.15) is 0 Å². The first kappa shape index (κ1) is 13.4. The number of nitrogens with two attached hydrogens (primary N) is 1. The van der Waals surface area contributed by atoms with E-state index >= 15 is 0 Å². The Morgan fingerprint density at radius 2 is 2.00 bits per heavy atom. The summed E-state index contributed by atoms with van der Waals surface area (Å²) in [6.45, 7) is 1.76. The average Bonchev–Trinajstić information content (AvgIpc) is 2.89. The molecule has 20 heavy (non-hydrogen) atoms. The summed E-state index contributed by atoms with van der Waals surface area (Å²) in [5.74, 6) is -1.11. The second kappa shape index (κ2) is 5.74. The number of nitrogens with one attached hydrogen (secondary N) is 1. The molecule has 0 atom stereocenters. The lowest BCUT2D eigenvalue weighted by molar-refractivity contribution is -0.111. The molecule has 0 aliphatic rings. The van der Waals surface area contributed by atoms with Crippen molar-refractivity contribution in [1.82, 2.24) is 20.2 Å². The highest BCUT2D eigenvalue weighted by molar-refractivity contribution is 5.99. The van der Waals surface area contributed by atoms with E-state index in [1.165, 1.54) is 10.9 Å². The Morgan fingerprint density at radius 1 is 1.30 bits per heavy atom. The number of allylic oxidation sites excluding steroid dienone is 1. The molecule has 2 aromatic rings. The van der Waals surface area contributed by atoms with Crippen LogP contribution < -0.4 is 11.1 Å². The number of aromatic nitrogens is 4. The number of hydrogen-bond acceptors (Lipinski definition) is 5. The summed E-state index contributed by atoms with van der Waals surface area (Å²) in [7, 11) is 0. The third-order valence-corrected chi connectivity index (χ3v) is 2.32. The molecule has 0 saturated carbocycles. The van der Waals surface area contributed by atoms with E-state index in [-0.39, 0.29) is 11.7 Å². The Hall–Kier alpha value is -3.03. The van der Waals surface area contributed by atoms with Gasteiger partial charge in [0.2, 0.25) is 5.91 Å². The molecule has 8 nitrogen and oxygen atoms in total. The van der Waals surface area contributed by atoms with Gasteiger partial charge in [-0.05, 0) is 42.5 Å². The molecule has 1 aromatic carbocycles. The number of primary amides is 1. The summed E-state index contributed by atoms with van der Waals surface area (Å²) >= 11 is 0. The van der Waals surface area contributed by atoms with E-state index in [0.717, 1.165) is 0 Å². The maximum atomic E-state index is 11.4. The summed E-state index contributed by atoms with van der Waals surface area (Å²) in [6, 6.07) is 6.73. The minimum Gasteiger partial charge on any atom is -0.363 e. The van der Waals surface area contributed by atoms with E-state index in [4.69, 9.17) is 5.73 Å². The number of carbonyl (C=O) groups excluding carboxylic acids is 2. The molecule has 0 fully saturated rings. The van der Waals surface area contributed by atoms with Gasteiger partial charge in [-0.1, -0.05) is 6.08 Å². The van der Waals surface area contributed by atoms with Crippen LogP contribution in [0.2, 0.25) is 0 Å². The van der Waals surface area contributed by atoms with Gasteiger partial charge >= 0.3 is 0 Å². The average molecular weight is 272 g/mol. The third-order valence-electron chi connectivity index (χ3n) is 2.32. The van der Waals surface area contributed by atoms with Crippen LogP contribution in [0.15, 0.2) is 36.4 Å². The lowest BCUT2D eigenvalue weighted by Gasteiger charge is -2.03. The van der Waals surface area contributed by atoms with Gasteiger partial charge in [0.15, 0.2) is 0 Å². The van der Waals surface area contributed by atoms with E-state index < -0.39 is 5.91 Å². The van der Waals surface area contributed by atoms with E-state index in [1.54, 1.807) is 37.3 Å². The van der Waals surface area contributed by atoms with Gasteiger partial charge in [-0.15, -0.1) is 15.0 Å². The second-order valence-electron chi connectivity index (χ2n) is 3.80. The van der Waals surface area contributed by atoms with Crippen molar-refractivity contribution in [2.75, 3.05) is 5.32 Å². The van der Waals surface area contributed by atoms with Crippen molar-refractivity contribution in [3.63, 3.8) is 0 Å². The molecule has 0 radical (unpaired) electrons. The van der Waals surface area contributed by atoms with Crippen LogP contribution in [-0.2, 0) is 4.79 Å². The first-order valence-corrected chi connectivity index (χ1v) is 5.74. The first-order chi connectivity index (χ1) is 9.60. The number of nitrogens with zero attached hydrogens (tertiary/aromatic N) is 4. The predicted octanol–water partition coefficient (Wildman–Crippen LogP) is 0.276. The summed E-state index contributed by atoms with van der Waals surface area (Å²) in [5, 5.41) is 13.7. The van der Waals surface area contributed by atoms with Gasteiger partial charge in [0.05, 0.1) is 5.69 Å². The fourth-order valence-electron chi connectivity index (χ4n) is 1.44. The minimum atomic E-state index is -0.744. The molecule has 2 rings (SSSR count). The van der Waals surface area contributed by atoms with Gasteiger partial charge in [-0.2, -0.15) is 0 Å². The third kappa shape index (κ3) is 3.05. The van der Waals surface area contributed by atoms with Crippen LogP contribution in [-0.4, -0.2) is 32.0 Å². The molecule has 0 saturated heterocycles. The fraction of sp³-hybridized carbons (Fsp3) is 0.0833. The van der Waals surface area contributed by atoms with E-state index in [9.17, 15) is 9.59 Å². The summed E-state index contributed by atoms with van der Waals surface area (Å²) in [4.78, 5) is 23.4. The number of amides is 2. The van der Waals surface area contributed by atoms with E-state index in [0.29, 0.717) is 11.4 Å². The molecule has 0 bridgehead atoms. The molecular formula is C12H12N6O2.